The minimum atomic E-state index is 0.515. The van der Waals surface area contributed by atoms with E-state index in [1.54, 1.807) is 37.4 Å². The number of hydrogen-bond acceptors (Lipinski definition) is 6. The summed E-state index contributed by atoms with van der Waals surface area (Å²) in [5.74, 6) is 1.24. The van der Waals surface area contributed by atoms with Gasteiger partial charge in [-0.05, 0) is 23.8 Å². The molecule has 7 nitrogen and oxygen atoms in total. The van der Waals surface area contributed by atoms with Crippen molar-refractivity contribution in [2.45, 2.75) is 6.42 Å². The van der Waals surface area contributed by atoms with Crippen LogP contribution in [0.1, 0.15) is 11.3 Å². The number of pyridine rings is 1. The van der Waals surface area contributed by atoms with Crippen molar-refractivity contribution in [2.24, 2.45) is 7.05 Å². The number of rotatable bonds is 5. The van der Waals surface area contributed by atoms with Crippen LogP contribution in [0.2, 0.25) is 5.02 Å². The summed E-state index contributed by atoms with van der Waals surface area (Å²) in [5.41, 5.74) is 4.61. The van der Waals surface area contributed by atoms with Gasteiger partial charge >= 0.3 is 0 Å². The zero-order valence-corrected chi connectivity index (χ0v) is 16.4. The van der Waals surface area contributed by atoms with Crippen LogP contribution < -0.4 is 9.47 Å². The second kappa shape index (κ2) is 7.44. The summed E-state index contributed by atoms with van der Waals surface area (Å²) in [4.78, 5) is 13.8. The normalized spacial score (nSPS) is 11.0. The average molecular weight is 396 g/mol. The van der Waals surface area contributed by atoms with Crippen molar-refractivity contribution < 1.29 is 9.47 Å². The van der Waals surface area contributed by atoms with Crippen LogP contribution in [0.15, 0.2) is 42.9 Å². The number of fused-ring (bicyclic) bond motifs is 1. The van der Waals surface area contributed by atoms with E-state index in [1.807, 2.05) is 31.4 Å². The van der Waals surface area contributed by atoms with Crippen LogP contribution in [-0.2, 0) is 13.5 Å². The second-order valence-electron chi connectivity index (χ2n) is 6.28. The summed E-state index contributed by atoms with van der Waals surface area (Å²) in [5, 5.41) is 4.72. The number of hydrogen-bond donors (Lipinski definition) is 0. The molecule has 1 aromatic carbocycles. The molecule has 4 aromatic rings. The Kier molecular flexibility index (Phi) is 4.83. The largest absolute Gasteiger partial charge is 0.497 e. The van der Waals surface area contributed by atoms with Crippen LogP contribution in [0.5, 0.6) is 11.5 Å². The molecule has 0 aliphatic rings. The van der Waals surface area contributed by atoms with E-state index in [0.717, 1.165) is 28.0 Å². The lowest BCUT2D eigenvalue weighted by atomic mass is 10.1. The predicted octanol–water partition coefficient (Wildman–Crippen LogP) is 3.69. The lowest BCUT2D eigenvalue weighted by Crippen LogP contribution is -1.99. The Hall–Kier alpha value is -3.19. The zero-order chi connectivity index (χ0) is 19.7. The maximum absolute atomic E-state index is 6.47. The van der Waals surface area contributed by atoms with Gasteiger partial charge in [0.25, 0.3) is 0 Å². The first-order valence-electron chi connectivity index (χ1n) is 8.59. The van der Waals surface area contributed by atoms with Crippen LogP contribution in [0.4, 0.5) is 0 Å². The average Bonchev–Trinajstić information content (AvgIpc) is 3.15. The van der Waals surface area contributed by atoms with Gasteiger partial charge in [-0.25, -0.2) is 9.97 Å². The highest BCUT2D eigenvalue weighted by Gasteiger charge is 2.13. The van der Waals surface area contributed by atoms with Crippen LogP contribution in [0, 0.1) is 0 Å². The van der Waals surface area contributed by atoms with E-state index in [1.165, 1.54) is 0 Å². The number of ether oxygens (including phenoxy) is 2. The summed E-state index contributed by atoms with van der Waals surface area (Å²) in [6.07, 6.45) is 5.88. The summed E-state index contributed by atoms with van der Waals surface area (Å²) < 4.78 is 12.4. The first kappa shape index (κ1) is 18.2. The predicted molar refractivity (Wildman–Crippen MR) is 107 cm³/mol. The van der Waals surface area contributed by atoms with Gasteiger partial charge in [-0.3, -0.25) is 9.67 Å². The molecular formula is C20H18ClN5O2. The van der Waals surface area contributed by atoms with Gasteiger partial charge in [0.1, 0.15) is 17.0 Å². The van der Waals surface area contributed by atoms with E-state index in [2.05, 4.69) is 20.1 Å². The Labute approximate surface area is 166 Å². The maximum Gasteiger partial charge on any atom is 0.179 e. The van der Waals surface area contributed by atoms with Crippen molar-refractivity contribution in [1.82, 2.24) is 24.7 Å². The lowest BCUT2D eigenvalue weighted by molar-refractivity contribution is 0.393. The Morgan fingerprint density at radius 3 is 2.64 bits per heavy atom. The van der Waals surface area contributed by atoms with Gasteiger partial charge in [-0.2, -0.15) is 5.10 Å². The third-order valence-corrected chi connectivity index (χ3v) is 4.81. The van der Waals surface area contributed by atoms with Crippen molar-refractivity contribution in [1.29, 1.82) is 0 Å². The molecule has 142 valence electrons. The van der Waals surface area contributed by atoms with E-state index in [0.29, 0.717) is 28.6 Å². The Morgan fingerprint density at radius 1 is 1.07 bits per heavy atom. The molecule has 0 aliphatic carbocycles. The SMILES string of the molecule is COc1cc(Cc2ccc3ncc(-c4cnn(C)c4)nc3n2)c(Cl)c(OC)c1. The number of aromatic nitrogens is 5. The molecule has 4 rings (SSSR count). The van der Waals surface area contributed by atoms with Gasteiger partial charge in [0.2, 0.25) is 0 Å². The molecule has 0 unspecified atom stereocenters. The van der Waals surface area contributed by atoms with Crippen molar-refractivity contribution >= 4 is 22.8 Å². The minimum absolute atomic E-state index is 0.515. The molecule has 0 N–H and O–H groups in total. The van der Waals surface area contributed by atoms with Crippen LogP contribution in [0.3, 0.4) is 0 Å². The molecule has 0 aliphatic heterocycles. The molecule has 0 atom stereocenters. The Balaban J connectivity index is 1.72. The number of benzene rings is 1. The number of nitrogens with zero attached hydrogens (tertiary/aromatic N) is 5. The highest BCUT2D eigenvalue weighted by molar-refractivity contribution is 6.32. The van der Waals surface area contributed by atoms with Crippen LogP contribution >= 0.6 is 11.6 Å². The van der Waals surface area contributed by atoms with Crippen molar-refractivity contribution in [3.05, 3.63) is 59.1 Å². The van der Waals surface area contributed by atoms with E-state index >= 15 is 0 Å². The fourth-order valence-electron chi connectivity index (χ4n) is 2.95. The smallest absolute Gasteiger partial charge is 0.179 e. The minimum Gasteiger partial charge on any atom is -0.497 e. The topological polar surface area (TPSA) is 75.0 Å². The third-order valence-electron chi connectivity index (χ3n) is 4.38. The fraction of sp³-hybridized carbons (Fsp3) is 0.200. The molecule has 28 heavy (non-hydrogen) atoms. The molecule has 0 saturated heterocycles. The first-order chi connectivity index (χ1) is 13.6. The molecule has 0 fully saturated rings. The van der Waals surface area contributed by atoms with Gasteiger partial charge in [0, 0.05) is 37.0 Å². The van der Waals surface area contributed by atoms with Gasteiger partial charge in [-0.15, -0.1) is 0 Å². The zero-order valence-electron chi connectivity index (χ0n) is 15.7. The second-order valence-corrected chi connectivity index (χ2v) is 6.66. The van der Waals surface area contributed by atoms with E-state index in [-0.39, 0.29) is 0 Å². The summed E-state index contributed by atoms with van der Waals surface area (Å²) in [6, 6.07) is 7.46. The molecule has 3 aromatic heterocycles. The lowest BCUT2D eigenvalue weighted by Gasteiger charge is -2.11. The Bertz CT molecular complexity index is 1160. The molecule has 0 spiro atoms. The fourth-order valence-corrected chi connectivity index (χ4v) is 3.20. The molecule has 0 bridgehead atoms. The highest BCUT2D eigenvalue weighted by atomic mass is 35.5. The van der Waals surface area contributed by atoms with Crippen molar-refractivity contribution in [3.8, 4) is 22.8 Å². The third kappa shape index (κ3) is 3.48. The number of halogens is 1. The first-order valence-corrected chi connectivity index (χ1v) is 8.97. The highest BCUT2D eigenvalue weighted by Crippen LogP contribution is 2.34. The van der Waals surface area contributed by atoms with E-state index in [4.69, 9.17) is 21.1 Å². The van der Waals surface area contributed by atoms with E-state index in [9.17, 15) is 0 Å². The van der Waals surface area contributed by atoms with Gasteiger partial charge in [0.15, 0.2) is 5.65 Å². The van der Waals surface area contributed by atoms with Crippen molar-refractivity contribution in [3.63, 3.8) is 0 Å². The summed E-state index contributed by atoms with van der Waals surface area (Å²) in [6.45, 7) is 0. The number of aryl methyl sites for hydroxylation is 1. The summed E-state index contributed by atoms with van der Waals surface area (Å²) >= 11 is 6.47. The maximum atomic E-state index is 6.47. The van der Waals surface area contributed by atoms with Gasteiger partial charge in [-0.1, -0.05) is 11.6 Å². The van der Waals surface area contributed by atoms with E-state index < -0.39 is 0 Å². The molecule has 3 heterocycles. The van der Waals surface area contributed by atoms with Crippen LogP contribution in [-0.4, -0.2) is 39.0 Å². The summed E-state index contributed by atoms with van der Waals surface area (Å²) in [7, 11) is 5.05. The molecule has 8 heteroatoms. The molecule has 0 saturated carbocycles. The standard InChI is InChI=1S/C20H18ClN5O2/c1-26-11-13(9-23-26)17-10-22-16-5-4-14(24-20(16)25-17)6-12-7-15(27-2)8-18(28-3)19(12)21/h4-5,7-11H,6H2,1-3H3. The quantitative estimate of drug-likeness (QED) is 0.513. The molecule has 0 radical (unpaired) electrons. The van der Waals surface area contributed by atoms with Crippen LogP contribution in [0.25, 0.3) is 22.4 Å². The molecular weight excluding hydrogens is 378 g/mol. The van der Waals surface area contributed by atoms with Gasteiger partial charge in [0.05, 0.1) is 37.3 Å². The molecule has 0 amide bonds. The Morgan fingerprint density at radius 2 is 1.93 bits per heavy atom. The number of methoxy groups -OCH3 is 2. The van der Waals surface area contributed by atoms with Crippen molar-refractivity contribution in [2.75, 3.05) is 14.2 Å². The van der Waals surface area contributed by atoms with Gasteiger partial charge < -0.3 is 9.47 Å². The monoisotopic (exact) mass is 395 g/mol.